The molecule has 140 valence electrons. The highest BCUT2D eigenvalue weighted by molar-refractivity contribution is 5.98. The maximum absolute atomic E-state index is 12.5. The average Bonchev–Trinajstić information content (AvgIpc) is 3.09. The first-order valence-corrected chi connectivity index (χ1v) is 8.27. The van der Waals surface area contributed by atoms with Crippen LogP contribution >= 0.6 is 0 Å². The molecule has 0 radical (unpaired) electrons. The van der Waals surface area contributed by atoms with Crippen LogP contribution in [-0.4, -0.2) is 65.5 Å². The Balaban J connectivity index is 1.83. The van der Waals surface area contributed by atoms with Crippen LogP contribution in [0.3, 0.4) is 0 Å². The highest BCUT2D eigenvalue weighted by atomic mass is 16.7. The third-order valence-electron chi connectivity index (χ3n) is 5.43. The van der Waals surface area contributed by atoms with Crippen LogP contribution in [0.4, 0.5) is 0 Å². The molecule has 0 bridgehead atoms. The highest BCUT2D eigenvalue weighted by Crippen LogP contribution is 2.47. The van der Waals surface area contributed by atoms with Crippen molar-refractivity contribution in [3.63, 3.8) is 0 Å². The number of methoxy groups -OCH3 is 1. The van der Waals surface area contributed by atoms with Crippen LogP contribution in [0.25, 0.3) is 0 Å². The number of esters is 1. The maximum atomic E-state index is 12.5. The van der Waals surface area contributed by atoms with Crippen molar-refractivity contribution in [2.45, 2.75) is 36.7 Å². The number of carbonyl (C=O) groups excluding carboxylic acids is 2. The first kappa shape index (κ1) is 17.1. The van der Waals surface area contributed by atoms with Gasteiger partial charge in [0.15, 0.2) is 11.5 Å². The fourth-order valence-electron chi connectivity index (χ4n) is 4.14. The van der Waals surface area contributed by atoms with E-state index in [9.17, 15) is 24.9 Å². The van der Waals surface area contributed by atoms with Crippen molar-refractivity contribution in [3.8, 4) is 11.5 Å². The Hall–Kier alpha value is -2.36. The topological polar surface area (TPSA) is 135 Å². The second kappa shape index (κ2) is 6.11. The Morgan fingerprint density at radius 1 is 1.19 bits per heavy atom. The second-order valence-electron chi connectivity index (χ2n) is 6.73. The minimum Gasteiger partial charge on any atom is -0.469 e. The molecule has 2 heterocycles. The van der Waals surface area contributed by atoms with Crippen molar-refractivity contribution in [1.82, 2.24) is 5.32 Å². The Kier molecular flexibility index (Phi) is 4.02. The van der Waals surface area contributed by atoms with Gasteiger partial charge < -0.3 is 34.8 Å². The molecule has 1 fully saturated rings. The van der Waals surface area contributed by atoms with Gasteiger partial charge in [-0.05, 0) is 17.7 Å². The van der Waals surface area contributed by atoms with E-state index in [0.717, 1.165) is 0 Å². The average molecular weight is 365 g/mol. The smallest absolute Gasteiger partial charge is 0.305 e. The fourth-order valence-corrected chi connectivity index (χ4v) is 4.14. The largest absolute Gasteiger partial charge is 0.469 e. The number of amides is 1. The number of benzene rings is 1. The molecule has 0 saturated heterocycles. The summed E-state index contributed by atoms with van der Waals surface area (Å²) < 4.78 is 15.4. The quantitative estimate of drug-likeness (QED) is 0.485. The summed E-state index contributed by atoms with van der Waals surface area (Å²) in [5, 5.41) is 33.7. The predicted molar refractivity (Wildman–Crippen MR) is 84.7 cm³/mol. The summed E-state index contributed by atoms with van der Waals surface area (Å²) >= 11 is 0. The normalized spacial score (nSPS) is 34.5. The molecule has 2 aliphatic heterocycles. The zero-order chi connectivity index (χ0) is 18.6. The fraction of sp³-hybridized carbons (Fsp3) is 0.529. The van der Waals surface area contributed by atoms with Gasteiger partial charge >= 0.3 is 5.97 Å². The second-order valence-corrected chi connectivity index (χ2v) is 6.73. The van der Waals surface area contributed by atoms with E-state index in [1.54, 1.807) is 12.1 Å². The lowest BCUT2D eigenvalue weighted by atomic mass is 9.65. The number of rotatable bonds is 2. The number of ether oxygens (including phenoxy) is 3. The van der Waals surface area contributed by atoms with Gasteiger partial charge in [-0.15, -0.1) is 0 Å². The molecule has 4 N–H and O–H groups in total. The van der Waals surface area contributed by atoms with Crippen LogP contribution in [0.1, 0.15) is 28.3 Å². The molecule has 1 aliphatic carbocycles. The third kappa shape index (κ3) is 2.43. The Bertz CT molecular complexity index is 765. The molecular formula is C17H19NO8. The van der Waals surface area contributed by atoms with Crippen molar-refractivity contribution in [2.75, 3.05) is 13.9 Å². The summed E-state index contributed by atoms with van der Waals surface area (Å²) in [6.07, 6.45) is -4.42. The number of fused-ring (bicyclic) bond motifs is 4. The SMILES string of the molecule is COC(=O)C[C@@H]1[C@H](O)[C@@H](O)[C@@H](O)[C@@H]2NC(=O)c3cc4c(cc3[C@@H]12)OCO4. The van der Waals surface area contributed by atoms with Crippen LogP contribution < -0.4 is 14.8 Å². The van der Waals surface area contributed by atoms with Crippen LogP contribution in [0.2, 0.25) is 0 Å². The van der Waals surface area contributed by atoms with Crippen molar-refractivity contribution in [1.29, 1.82) is 0 Å². The van der Waals surface area contributed by atoms with E-state index in [1.807, 2.05) is 0 Å². The molecule has 1 saturated carbocycles. The molecule has 6 atom stereocenters. The number of hydrogen-bond acceptors (Lipinski definition) is 8. The first-order chi connectivity index (χ1) is 12.4. The molecular weight excluding hydrogens is 346 g/mol. The summed E-state index contributed by atoms with van der Waals surface area (Å²) in [6.45, 7) is 0.0312. The molecule has 1 aromatic rings. The number of nitrogens with one attached hydrogen (secondary N) is 1. The van der Waals surface area contributed by atoms with Gasteiger partial charge in [-0.1, -0.05) is 0 Å². The number of aliphatic hydroxyl groups excluding tert-OH is 3. The van der Waals surface area contributed by atoms with Crippen molar-refractivity contribution in [2.24, 2.45) is 5.92 Å². The lowest BCUT2D eigenvalue weighted by Crippen LogP contribution is -2.64. The van der Waals surface area contributed by atoms with Crippen LogP contribution in [0, 0.1) is 5.92 Å². The summed E-state index contributed by atoms with van der Waals surface area (Å²) in [7, 11) is 1.23. The summed E-state index contributed by atoms with van der Waals surface area (Å²) in [5.74, 6) is -1.48. The predicted octanol–water partition coefficient (Wildman–Crippen LogP) is -1.11. The van der Waals surface area contributed by atoms with Gasteiger partial charge in [-0.2, -0.15) is 0 Å². The molecule has 9 heteroatoms. The Morgan fingerprint density at radius 2 is 1.88 bits per heavy atom. The van der Waals surface area contributed by atoms with E-state index in [1.165, 1.54) is 7.11 Å². The summed E-state index contributed by atoms with van der Waals surface area (Å²) in [5.41, 5.74) is 0.850. The zero-order valence-electron chi connectivity index (χ0n) is 13.9. The molecule has 26 heavy (non-hydrogen) atoms. The van der Waals surface area contributed by atoms with Crippen molar-refractivity contribution in [3.05, 3.63) is 23.3 Å². The van der Waals surface area contributed by atoms with E-state index < -0.39 is 48.1 Å². The summed E-state index contributed by atoms with van der Waals surface area (Å²) in [4.78, 5) is 24.3. The van der Waals surface area contributed by atoms with Crippen LogP contribution in [0.15, 0.2) is 12.1 Å². The molecule has 9 nitrogen and oxygen atoms in total. The monoisotopic (exact) mass is 365 g/mol. The van der Waals surface area contributed by atoms with Crippen molar-refractivity contribution < 1.29 is 39.1 Å². The lowest BCUT2D eigenvalue weighted by molar-refractivity contribution is -0.154. The molecule has 0 unspecified atom stereocenters. The lowest BCUT2D eigenvalue weighted by Gasteiger charge is -2.48. The standard InChI is InChI=1S/C17H19NO8/c1-24-11(19)4-8-12-6-2-9-10(26-5-25-9)3-7(6)17(23)18-13(12)15(21)16(22)14(8)20/h2-3,8,12-16,20-22H,4-5H2,1H3,(H,18,23)/t8-,12-,13+,14-,15-,16+/m0/s1. The van der Waals surface area contributed by atoms with Crippen molar-refractivity contribution >= 4 is 11.9 Å². The van der Waals surface area contributed by atoms with Gasteiger partial charge in [0.05, 0.1) is 25.7 Å². The van der Waals surface area contributed by atoms with E-state index in [-0.39, 0.29) is 13.2 Å². The highest BCUT2D eigenvalue weighted by Gasteiger charge is 2.53. The minimum absolute atomic E-state index is 0.0312. The van der Waals surface area contributed by atoms with E-state index in [4.69, 9.17) is 14.2 Å². The summed E-state index contributed by atoms with van der Waals surface area (Å²) in [6, 6.07) is 2.32. The molecule has 0 aromatic heterocycles. The maximum Gasteiger partial charge on any atom is 0.305 e. The zero-order valence-corrected chi connectivity index (χ0v) is 13.9. The Morgan fingerprint density at radius 3 is 2.58 bits per heavy atom. The van der Waals surface area contributed by atoms with Gasteiger partial charge in [-0.3, -0.25) is 9.59 Å². The molecule has 0 spiro atoms. The number of carbonyl (C=O) groups is 2. The first-order valence-electron chi connectivity index (χ1n) is 8.27. The van der Waals surface area contributed by atoms with Gasteiger partial charge in [0, 0.05) is 17.4 Å². The van der Waals surface area contributed by atoms with Gasteiger partial charge in [0.25, 0.3) is 5.91 Å². The Labute approximate surface area is 148 Å². The minimum atomic E-state index is -1.50. The van der Waals surface area contributed by atoms with Gasteiger partial charge in [0.1, 0.15) is 12.2 Å². The van der Waals surface area contributed by atoms with Gasteiger partial charge in [0.2, 0.25) is 6.79 Å². The van der Waals surface area contributed by atoms with Crippen LogP contribution in [-0.2, 0) is 9.53 Å². The van der Waals surface area contributed by atoms with Crippen LogP contribution in [0.5, 0.6) is 11.5 Å². The molecule has 1 aromatic carbocycles. The van der Waals surface area contributed by atoms with Gasteiger partial charge in [-0.25, -0.2) is 0 Å². The van der Waals surface area contributed by atoms with E-state index >= 15 is 0 Å². The molecule has 1 amide bonds. The van der Waals surface area contributed by atoms with E-state index in [2.05, 4.69) is 5.32 Å². The third-order valence-corrected chi connectivity index (χ3v) is 5.43. The molecule has 4 rings (SSSR count). The number of hydrogen-bond donors (Lipinski definition) is 4. The number of aliphatic hydroxyl groups is 3. The molecule has 3 aliphatic rings. The van der Waals surface area contributed by atoms with E-state index in [0.29, 0.717) is 22.6 Å².